The van der Waals surface area contributed by atoms with Gasteiger partial charge in [0, 0.05) is 44.5 Å². The van der Waals surface area contributed by atoms with Crippen molar-refractivity contribution in [2.24, 2.45) is 5.92 Å². The molecule has 1 unspecified atom stereocenters. The van der Waals surface area contributed by atoms with Gasteiger partial charge in [0.2, 0.25) is 11.8 Å². The molecule has 0 saturated carbocycles. The van der Waals surface area contributed by atoms with Crippen molar-refractivity contribution in [1.29, 1.82) is 0 Å². The Morgan fingerprint density at radius 2 is 2.00 bits per heavy atom. The zero-order valence-electron chi connectivity index (χ0n) is 17.4. The van der Waals surface area contributed by atoms with Gasteiger partial charge < -0.3 is 15.5 Å². The van der Waals surface area contributed by atoms with Gasteiger partial charge in [-0.3, -0.25) is 14.5 Å². The SMILES string of the molecule is Cc1cccc(N2CCC(NC(=O)CC3C(=O)NCCN3CC(C)C)CC2)c1. The zero-order valence-corrected chi connectivity index (χ0v) is 17.4. The lowest BCUT2D eigenvalue weighted by atomic mass is 10.0. The highest BCUT2D eigenvalue weighted by Crippen LogP contribution is 2.21. The van der Waals surface area contributed by atoms with E-state index in [0.717, 1.165) is 39.0 Å². The maximum absolute atomic E-state index is 12.6. The molecule has 6 heteroatoms. The second-order valence-electron chi connectivity index (χ2n) is 8.57. The van der Waals surface area contributed by atoms with Crippen LogP contribution in [0.2, 0.25) is 0 Å². The molecule has 1 aromatic carbocycles. The normalized spacial score (nSPS) is 21.6. The number of aryl methyl sites for hydroxylation is 1. The van der Waals surface area contributed by atoms with E-state index in [2.05, 4.69) is 65.5 Å². The molecule has 0 radical (unpaired) electrons. The highest BCUT2D eigenvalue weighted by Gasteiger charge is 2.32. The third kappa shape index (κ3) is 5.47. The van der Waals surface area contributed by atoms with Crippen LogP contribution in [0.4, 0.5) is 5.69 Å². The van der Waals surface area contributed by atoms with Crippen LogP contribution in [-0.4, -0.2) is 61.5 Å². The monoisotopic (exact) mass is 386 g/mol. The maximum atomic E-state index is 12.6. The first kappa shape index (κ1) is 20.6. The summed E-state index contributed by atoms with van der Waals surface area (Å²) in [7, 11) is 0. The van der Waals surface area contributed by atoms with E-state index < -0.39 is 0 Å². The van der Waals surface area contributed by atoms with Crippen LogP contribution >= 0.6 is 0 Å². The van der Waals surface area contributed by atoms with Crippen molar-refractivity contribution >= 4 is 17.5 Å². The lowest BCUT2D eigenvalue weighted by molar-refractivity contribution is -0.134. The molecule has 0 aliphatic carbocycles. The molecule has 2 saturated heterocycles. The minimum absolute atomic E-state index is 0.00943. The average molecular weight is 387 g/mol. The molecule has 2 aliphatic rings. The van der Waals surface area contributed by atoms with Crippen molar-refractivity contribution in [3.05, 3.63) is 29.8 Å². The molecule has 1 aromatic rings. The van der Waals surface area contributed by atoms with E-state index in [9.17, 15) is 9.59 Å². The summed E-state index contributed by atoms with van der Waals surface area (Å²) in [4.78, 5) is 29.5. The van der Waals surface area contributed by atoms with Gasteiger partial charge in [0.1, 0.15) is 0 Å². The fourth-order valence-corrected chi connectivity index (χ4v) is 4.24. The van der Waals surface area contributed by atoms with E-state index in [1.807, 2.05) is 0 Å². The molecule has 2 heterocycles. The number of hydrogen-bond donors (Lipinski definition) is 2. The Morgan fingerprint density at radius 1 is 1.25 bits per heavy atom. The van der Waals surface area contributed by atoms with Gasteiger partial charge in [-0.15, -0.1) is 0 Å². The second-order valence-corrected chi connectivity index (χ2v) is 8.57. The van der Waals surface area contributed by atoms with Gasteiger partial charge in [-0.25, -0.2) is 0 Å². The van der Waals surface area contributed by atoms with Crippen LogP contribution in [0, 0.1) is 12.8 Å². The first-order valence-corrected chi connectivity index (χ1v) is 10.5. The topological polar surface area (TPSA) is 64.7 Å². The Kier molecular flexibility index (Phi) is 6.94. The minimum Gasteiger partial charge on any atom is -0.371 e. The number of rotatable bonds is 6. The molecule has 2 fully saturated rings. The molecule has 6 nitrogen and oxygen atoms in total. The van der Waals surface area contributed by atoms with Crippen LogP contribution < -0.4 is 15.5 Å². The Labute approximate surface area is 168 Å². The Hall–Kier alpha value is -2.08. The molecule has 2 N–H and O–H groups in total. The Bertz CT molecular complexity index is 683. The first-order valence-electron chi connectivity index (χ1n) is 10.5. The molecule has 154 valence electrons. The van der Waals surface area contributed by atoms with Crippen molar-refractivity contribution in [1.82, 2.24) is 15.5 Å². The van der Waals surface area contributed by atoms with Crippen LogP contribution in [0.25, 0.3) is 0 Å². The summed E-state index contributed by atoms with van der Waals surface area (Å²) in [6.07, 6.45) is 2.12. The van der Waals surface area contributed by atoms with E-state index in [1.165, 1.54) is 11.3 Å². The fourth-order valence-electron chi connectivity index (χ4n) is 4.24. The predicted molar refractivity (Wildman–Crippen MR) is 112 cm³/mol. The van der Waals surface area contributed by atoms with Crippen molar-refractivity contribution in [2.75, 3.05) is 37.6 Å². The number of hydrogen-bond acceptors (Lipinski definition) is 4. The third-order valence-corrected chi connectivity index (χ3v) is 5.65. The quantitative estimate of drug-likeness (QED) is 0.784. The summed E-state index contributed by atoms with van der Waals surface area (Å²) >= 11 is 0. The summed E-state index contributed by atoms with van der Waals surface area (Å²) in [5, 5.41) is 6.08. The smallest absolute Gasteiger partial charge is 0.237 e. The minimum atomic E-state index is -0.344. The number of benzene rings is 1. The van der Waals surface area contributed by atoms with E-state index in [1.54, 1.807) is 0 Å². The molecule has 0 aromatic heterocycles. The van der Waals surface area contributed by atoms with Crippen molar-refractivity contribution < 1.29 is 9.59 Å². The van der Waals surface area contributed by atoms with Crippen LogP contribution in [-0.2, 0) is 9.59 Å². The van der Waals surface area contributed by atoms with Crippen molar-refractivity contribution in [2.45, 2.75) is 52.1 Å². The number of piperidine rings is 1. The van der Waals surface area contributed by atoms with Gasteiger partial charge in [0.15, 0.2) is 0 Å². The molecule has 28 heavy (non-hydrogen) atoms. The van der Waals surface area contributed by atoms with Crippen LogP contribution in [0.3, 0.4) is 0 Å². The first-order chi connectivity index (χ1) is 13.4. The lowest BCUT2D eigenvalue weighted by Gasteiger charge is -2.37. The van der Waals surface area contributed by atoms with Gasteiger partial charge in [-0.2, -0.15) is 0 Å². The summed E-state index contributed by atoms with van der Waals surface area (Å²) < 4.78 is 0. The summed E-state index contributed by atoms with van der Waals surface area (Å²) in [6.45, 7) is 10.6. The highest BCUT2D eigenvalue weighted by molar-refractivity contribution is 5.88. The molecule has 3 rings (SSSR count). The number of amides is 2. The number of piperazine rings is 1. The van der Waals surface area contributed by atoms with Crippen LogP contribution in [0.1, 0.15) is 38.7 Å². The molecule has 2 amide bonds. The number of nitrogens with one attached hydrogen (secondary N) is 2. The van der Waals surface area contributed by atoms with Crippen LogP contribution in [0.5, 0.6) is 0 Å². The Balaban J connectivity index is 1.49. The standard InChI is InChI=1S/C22H34N4O2/c1-16(2)15-26-12-9-23-22(28)20(26)14-21(27)24-18-7-10-25(11-8-18)19-6-4-5-17(3)13-19/h4-6,13,16,18,20H,7-12,14-15H2,1-3H3,(H,23,28)(H,24,27). The van der Waals surface area contributed by atoms with E-state index in [-0.39, 0.29) is 30.3 Å². The summed E-state index contributed by atoms with van der Waals surface area (Å²) in [5.41, 5.74) is 2.53. The Morgan fingerprint density at radius 3 is 2.68 bits per heavy atom. The number of nitrogens with zero attached hydrogens (tertiary/aromatic N) is 2. The van der Waals surface area contributed by atoms with Gasteiger partial charge in [0.05, 0.1) is 12.5 Å². The summed E-state index contributed by atoms with van der Waals surface area (Å²) in [6, 6.07) is 8.42. The zero-order chi connectivity index (χ0) is 20.1. The third-order valence-electron chi connectivity index (χ3n) is 5.65. The molecule has 0 spiro atoms. The van der Waals surface area contributed by atoms with Gasteiger partial charge in [-0.05, 0) is 43.4 Å². The van der Waals surface area contributed by atoms with E-state index in [0.29, 0.717) is 12.5 Å². The van der Waals surface area contributed by atoms with Gasteiger partial charge in [-0.1, -0.05) is 26.0 Å². The predicted octanol–water partition coefficient (Wildman–Crippen LogP) is 1.93. The fraction of sp³-hybridized carbons (Fsp3) is 0.636. The molecule has 1 atom stereocenters. The van der Waals surface area contributed by atoms with Gasteiger partial charge >= 0.3 is 0 Å². The van der Waals surface area contributed by atoms with Crippen molar-refractivity contribution in [3.63, 3.8) is 0 Å². The molecule has 0 bridgehead atoms. The van der Waals surface area contributed by atoms with E-state index in [4.69, 9.17) is 0 Å². The molecular formula is C22H34N4O2. The maximum Gasteiger partial charge on any atom is 0.237 e. The number of carbonyl (C=O) groups is 2. The highest BCUT2D eigenvalue weighted by atomic mass is 16.2. The second kappa shape index (κ2) is 9.41. The van der Waals surface area contributed by atoms with Gasteiger partial charge in [0.25, 0.3) is 0 Å². The summed E-state index contributed by atoms with van der Waals surface area (Å²) in [5.74, 6) is 0.448. The molecular weight excluding hydrogens is 352 g/mol. The van der Waals surface area contributed by atoms with E-state index >= 15 is 0 Å². The number of carbonyl (C=O) groups excluding carboxylic acids is 2. The molecule has 2 aliphatic heterocycles. The largest absolute Gasteiger partial charge is 0.371 e. The van der Waals surface area contributed by atoms with Crippen molar-refractivity contribution in [3.8, 4) is 0 Å². The number of anilines is 1. The average Bonchev–Trinajstić information content (AvgIpc) is 2.65. The van der Waals surface area contributed by atoms with Crippen LogP contribution in [0.15, 0.2) is 24.3 Å². The lowest BCUT2D eigenvalue weighted by Crippen LogP contribution is -2.57.